The predicted octanol–water partition coefficient (Wildman–Crippen LogP) is 5.94. The highest BCUT2D eigenvalue weighted by Crippen LogP contribution is 2.14. The standard InChI is InChI=1S/C25H45NO5/c1-3-5-7-8-9-10-16-20-25(30)31-22(17-13-6-4-2)18-14-11-12-15-19-23(27)26-21-24(28)29/h13,17,22H,3-12,14-16,18-21H2,1-2H3,(H,26,27)(H,28,29)/b17-13-. The summed E-state index contributed by atoms with van der Waals surface area (Å²) >= 11 is 0. The lowest BCUT2D eigenvalue weighted by Gasteiger charge is -2.15. The van der Waals surface area contributed by atoms with E-state index in [4.69, 9.17) is 9.84 Å². The van der Waals surface area contributed by atoms with Gasteiger partial charge in [0.2, 0.25) is 5.91 Å². The minimum absolute atomic E-state index is 0.102. The summed E-state index contributed by atoms with van der Waals surface area (Å²) in [7, 11) is 0. The van der Waals surface area contributed by atoms with Gasteiger partial charge in [0.05, 0.1) is 0 Å². The van der Waals surface area contributed by atoms with Gasteiger partial charge >= 0.3 is 11.9 Å². The van der Waals surface area contributed by atoms with Crippen LogP contribution in [-0.4, -0.2) is 35.6 Å². The predicted molar refractivity (Wildman–Crippen MR) is 125 cm³/mol. The fourth-order valence-corrected chi connectivity index (χ4v) is 3.31. The molecule has 0 aliphatic heterocycles. The Morgan fingerprint density at radius 1 is 0.839 bits per heavy atom. The third kappa shape index (κ3) is 21.2. The Labute approximate surface area is 189 Å². The number of carbonyl (C=O) groups is 3. The number of nitrogens with one attached hydrogen (secondary N) is 1. The quantitative estimate of drug-likeness (QED) is 0.131. The lowest BCUT2D eigenvalue weighted by molar-refractivity contribution is -0.147. The van der Waals surface area contributed by atoms with Gasteiger partial charge in [0.15, 0.2) is 0 Å². The molecule has 1 amide bonds. The molecule has 6 heteroatoms. The highest BCUT2D eigenvalue weighted by atomic mass is 16.5. The van der Waals surface area contributed by atoms with E-state index in [1.165, 1.54) is 32.1 Å². The molecule has 31 heavy (non-hydrogen) atoms. The number of amides is 1. The first-order chi connectivity index (χ1) is 15.0. The zero-order valence-electron chi connectivity index (χ0n) is 19.8. The molecule has 180 valence electrons. The van der Waals surface area contributed by atoms with Crippen LogP contribution < -0.4 is 5.32 Å². The molecule has 0 aromatic carbocycles. The van der Waals surface area contributed by atoms with Gasteiger partial charge in [-0.05, 0) is 38.2 Å². The van der Waals surface area contributed by atoms with Gasteiger partial charge in [-0.25, -0.2) is 0 Å². The van der Waals surface area contributed by atoms with Crippen molar-refractivity contribution < 1.29 is 24.2 Å². The number of carboxylic acids is 1. The van der Waals surface area contributed by atoms with Gasteiger partial charge in [0.25, 0.3) is 0 Å². The topological polar surface area (TPSA) is 92.7 Å². The summed E-state index contributed by atoms with van der Waals surface area (Å²) in [6.07, 6.45) is 19.5. The number of hydrogen-bond acceptors (Lipinski definition) is 4. The maximum absolute atomic E-state index is 12.2. The average molecular weight is 440 g/mol. The number of hydrogen-bond donors (Lipinski definition) is 2. The van der Waals surface area contributed by atoms with Gasteiger partial charge < -0.3 is 15.2 Å². The van der Waals surface area contributed by atoms with Crippen LogP contribution in [0.15, 0.2) is 12.2 Å². The maximum atomic E-state index is 12.2. The zero-order chi connectivity index (χ0) is 23.2. The number of ether oxygens (including phenoxy) is 1. The molecular formula is C25H45NO5. The van der Waals surface area contributed by atoms with Gasteiger partial charge in [-0.1, -0.05) is 77.7 Å². The van der Waals surface area contributed by atoms with Crippen LogP contribution in [0, 0.1) is 0 Å². The number of unbranched alkanes of at least 4 members (excludes halogenated alkanes) is 10. The second-order valence-corrected chi connectivity index (χ2v) is 8.24. The van der Waals surface area contributed by atoms with Crippen molar-refractivity contribution in [3.05, 3.63) is 12.2 Å². The Kier molecular flexibility index (Phi) is 20.1. The number of carbonyl (C=O) groups excluding carboxylic acids is 2. The van der Waals surface area contributed by atoms with Crippen molar-refractivity contribution in [3.8, 4) is 0 Å². The minimum Gasteiger partial charge on any atom is -0.480 e. The summed E-state index contributed by atoms with van der Waals surface area (Å²) < 4.78 is 5.70. The maximum Gasteiger partial charge on any atom is 0.322 e. The fourth-order valence-electron chi connectivity index (χ4n) is 3.31. The third-order valence-electron chi connectivity index (χ3n) is 5.15. The van der Waals surface area contributed by atoms with Gasteiger partial charge in [0, 0.05) is 12.8 Å². The summed E-state index contributed by atoms with van der Waals surface area (Å²) in [6.45, 7) is 4.01. The van der Waals surface area contributed by atoms with E-state index in [1.807, 2.05) is 6.08 Å². The van der Waals surface area contributed by atoms with Crippen molar-refractivity contribution in [1.82, 2.24) is 5.32 Å². The Morgan fingerprint density at radius 3 is 2.10 bits per heavy atom. The zero-order valence-corrected chi connectivity index (χ0v) is 19.8. The van der Waals surface area contributed by atoms with Crippen molar-refractivity contribution in [2.45, 2.75) is 123 Å². The number of allylic oxidation sites excluding steroid dienone is 1. The van der Waals surface area contributed by atoms with E-state index in [0.717, 1.165) is 57.8 Å². The van der Waals surface area contributed by atoms with Crippen LogP contribution in [-0.2, 0) is 19.1 Å². The molecule has 0 saturated carbocycles. The monoisotopic (exact) mass is 439 g/mol. The van der Waals surface area contributed by atoms with Crippen LogP contribution in [0.3, 0.4) is 0 Å². The van der Waals surface area contributed by atoms with Crippen molar-refractivity contribution >= 4 is 17.8 Å². The normalized spacial score (nSPS) is 12.1. The van der Waals surface area contributed by atoms with E-state index in [0.29, 0.717) is 12.8 Å². The third-order valence-corrected chi connectivity index (χ3v) is 5.15. The van der Waals surface area contributed by atoms with Gasteiger partial charge in [-0.3, -0.25) is 14.4 Å². The van der Waals surface area contributed by atoms with E-state index >= 15 is 0 Å². The molecule has 0 radical (unpaired) electrons. The molecule has 0 heterocycles. The Morgan fingerprint density at radius 2 is 1.45 bits per heavy atom. The van der Waals surface area contributed by atoms with E-state index in [-0.39, 0.29) is 24.5 Å². The SMILES string of the molecule is CCC/C=C\C(CCCCCCC(=O)NCC(=O)O)OC(=O)CCCCCCCCC. The fraction of sp³-hybridized carbons (Fsp3) is 0.800. The smallest absolute Gasteiger partial charge is 0.322 e. The van der Waals surface area contributed by atoms with Crippen molar-refractivity contribution in [2.75, 3.05) is 6.54 Å². The van der Waals surface area contributed by atoms with Crippen LogP contribution >= 0.6 is 0 Å². The van der Waals surface area contributed by atoms with Crippen molar-refractivity contribution in [1.29, 1.82) is 0 Å². The molecule has 0 saturated heterocycles. The largest absolute Gasteiger partial charge is 0.480 e. The van der Waals surface area contributed by atoms with Gasteiger partial charge in [-0.15, -0.1) is 0 Å². The molecule has 6 nitrogen and oxygen atoms in total. The van der Waals surface area contributed by atoms with Crippen molar-refractivity contribution in [2.24, 2.45) is 0 Å². The van der Waals surface area contributed by atoms with Crippen molar-refractivity contribution in [3.63, 3.8) is 0 Å². The second-order valence-electron chi connectivity index (χ2n) is 8.24. The lowest BCUT2D eigenvalue weighted by atomic mass is 10.1. The first-order valence-corrected chi connectivity index (χ1v) is 12.3. The van der Waals surface area contributed by atoms with Gasteiger partial charge in [0.1, 0.15) is 12.6 Å². The molecule has 2 N–H and O–H groups in total. The van der Waals surface area contributed by atoms with E-state index < -0.39 is 5.97 Å². The van der Waals surface area contributed by atoms with E-state index in [1.54, 1.807) is 0 Å². The molecular weight excluding hydrogens is 394 g/mol. The molecule has 0 spiro atoms. The average Bonchev–Trinajstić information content (AvgIpc) is 2.73. The molecule has 1 unspecified atom stereocenters. The Bertz CT molecular complexity index is 504. The first-order valence-electron chi connectivity index (χ1n) is 12.3. The summed E-state index contributed by atoms with van der Waals surface area (Å²) in [5.41, 5.74) is 0. The lowest BCUT2D eigenvalue weighted by Crippen LogP contribution is -2.28. The molecule has 0 bridgehead atoms. The second kappa shape index (κ2) is 21.4. The van der Waals surface area contributed by atoms with E-state index in [9.17, 15) is 14.4 Å². The molecule has 0 aliphatic carbocycles. The Hall–Kier alpha value is -1.85. The van der Waals surface area contributed by atoms with Crippen LogP contribution in [0.25, 0.3) is 0 Å². The molecule has 0 aromatic heterocycles. The summed E-state index contributed by atoms with van der Waals surface area (Å²) in [5.74, 6) is -1.35. The summed E-state index contributed by atoms with van der Waals surface area (Å²) in [6, 6.07) is 0. The first kappa shape index (κ1) is 29.1. The molecule has 1 atom stereocenters. The summed E-state index contributed by atoms with van der Waals surface area (Å²) in [5, 5.41) is 10.9. The molecule has 0 fully saturated rings. The number of aliphatic carboxylic acids is 1. The number of rotatable bonds is 21. The highest BCUT2D eigenvalue weighted by molar-refractivity contribution is 5.80. The molecule has 0 aromatic rings. The summed E-state index contributed by atoms with van der Waals surface area (Å²) in [4.78, 5) is 34.1. The van der Waals surface area contributed by atoms with E-state index in [2.05, 4.69) is 25.2 Å². The van der Waals surface area contributed by atoms with Crippen LogP contribution in [0.5, 0.6) is 0 Å². The highest BCUT2D eigenvalue weighted by Gasteiger charge is 2.11. The van der Waals surface area contributed by atoms with Crippen LogP contribution in [0.1, 0.15) is 117 Å². The molecule has 0 aliphatic rings. The minimum atomic E-state index is -1.03. The number of esters is 1. The Balaban J connectivity index is 4.01. The molecule has 0 rings (SSSR count). The van der Waals surface area contributed by atoms with Crippen LogP contribution in [0.4, 0.5) is 0 Å². The number of carboxylic acid groups (broad SMARTS) is 1. The van der Waals surface area contributed by atoms with Gasteiger partial charge in [-0.2, -0.15) is 0 Å². The van der Waals surface area contributed by atoms with Crippen LogP contribution in [0.2, 0.25) is 0 Å².